The van der Waals surface area contributed by atoms with Crippen molar-refractivity contribution in [3.8, 4) is 0 Å². The number of nitrogens with one attached hydrogen (secondary N) is 2. The summed E-state index contributed by atoms with van der Waals surface area (Å²) in [5.74, 6) is 0.0667. The monoisotopic (exact) mass is 379 g/mol. The number of benzene rings is 2. The van der Waals surface area contributed by atoms with E-state index in [0.29, 0.717) is 6.61 Å². The van der Waals surface area contributed by atoms with E-state index in [1.807, 2.05) is 12.1 Å². The van der Waals surface area contributed by atoms with Crippen molar-refractivity contribution in [1.82, 2.24) is 5.32 Å². The number of rotatable bonds is 6. The number of carbonyl (C=O) groups excluding carboxylic acids is 1. The summed E-state index contributed by atoms with van der Waals surface area (Å²) in [6, 6.07) is 16.9. The fourth-order valence-corrected chi connectivity index (χ4v) is 4.37. The molecule has 2 aromatic rings. The highest BCUT2D eigenvalue weighted by molar-refractivity contribution is 5.95. The molecule has 1 amide bonds. The molecular weight excluding hydrogens is 350 g/mol. The number of ether oxygens (including phenoxy) is 1. The molecule has 0 unspecified atom stereocenters. The molecule has 2 heterocycles. The molecular formula is C23H29N3O2. The Morgan fingerprint density at radius 2 is 1.89 bits per heavy atom. The van der Waals surface area contributed by atoms with Gasteiger partial charge in [-0.25, -0.2) is 0 Å². The Bertz CT molecular complexity index is 807. The van der Waals surface area contributed by atoms with Crippen molar-refractivity contribution in [1.29, 1.82) is 0 Å². The Hall–Kier alpha value is -2.37. The third kappa shape index (κ3) is 3.91. The predicted molar refractivity (Wildman–Crippen MR) is 113 cm³/mol. The molecule has 1 fully saturated rings. The van der Waals surface area contributed by atoms with E-state index >= 15 is 0 Å². The maximum Gasteiger partial charge on any atom is 0.233 e. The van der Waals surface area contributed by atoms with E-state index in [9.17, 15) is 4.79 Å². The molecule has 0 bridgehead atoms. The van der Waals surface area contributed by atoms with Crippen molar-refractivity contribution in [2.45, 2.75) is 25.8 Å². The minimum atomic E-state index is -0.433. The summed E-state index contributed by atoms with van der Waals surface area (Å²) in [4.78, 5) is 15.4. The normalized spacial score (nSPS) is 18.0. The number of hydrogen-bond donors (Lipinski definition) is 2. The second-order valence-corrected chi connectivity index (χ2v) is 7.91. The maximum atomic E-state index is 13.0. The molecule has 148 valence electrons. The van der Waals surface area contributed by atoms with Crippen LogP contribution in [0.15, 0.2) is 48.5 Å². The zero-order chi connectivity index (χ0) is 19.4. The molecule has 1 saturated heterocycles. The van der Waals surface area contributed by atoms with E-state index in [2.05, 4.69) is 51.9 Å². The molecule has 28 heavy (non-hydrogen) atoms. The Labute approximate surface area is 167 Å². The van der Waals surface area contributed by atoms with Gasteiger partial charge in [0, 0.05) is 31.6 Å². The van der Waals surface area contributed by atoms with Gasteiger partial charge in [-0.15, -0.1) is 0 Å². The average molecular weight is 380 g/mol. The van der Waals surface area contributed by atoms with Crippen molar-refractivity contribution in [2.75, 3.05) is 43.6 Å². The fourth-order valence-electron chi connectivity index (χ4n) is 4.37. The smallest absolute Gasteiger partial charge is 0.233 e. The van der Waals surface area contributed by atoms with Crippen LogP contribution in [0.3, 0.4) is 0 Å². The number of nitrogens with zero attached hydrogens (tertiary/aromatic N) is 1. The van der Waals surface area contributed by atoms with Crippen LogP contribution in [0.5, 0.6) is 0 Å². The number of amides is 1. The Balaban J connectivity index is 1.40. The number of hydrogen-bond acceptors (Lipinski definition) is 4. The van der Waals surface area contributed by atoms with Gasteiger partial charge in [-0.2, -0.15) is 0 Å². The van der Waals surface area contributed by atoms with E-state index in [1.165, 1.54) is 16.8 Å². The lowest BCUT2D eigenvalue weighted by molar-refractivity contribution is -0.130. The van der Waals surface area contributed by atoms with Crippen LogP contribution in [0, 0.1) is 5.41 Å². The summed E-state index contributed by atoms with van der Waals surface area (Å²) in [6.07, 6.45) is 2.72. The number of carbonyl (C=O) groups is 1. The summed E-state index contributed by atoms with van der Waals surface area (Å²) in [5.41, 5.74) is 4.44. The molecule has 0 aromatic heterocycles. The topological polar surface area (TPSA) is 53.6 Å². The van der Waals surface area contributed by atoms with Crippen LogP contribution in [0.1, 0.15) is 24.0 Å². The summed E-state index contributed by atoms with van der Waals surface area (Å²) in [6.45, 7) is 4.13. The summed E-state index contributed by atoms with van der Waals surface area (Å²) < 4.78 is 5.37. The van der Waals surface area contributed by atoms with Gasteiger partial charge in [0.05, 0.1) is 12.0 Å². The number of piperidine rings is 1. The van der Waals surface area contributed by atoms with Crippen LogP contribution >= 0.6 is 0 Å². The Morgan fingerprint density at radius 3 is 2.64 bits per heavy atom. The summed E-state index contributed by atoms with van der Waals surface area (Å²) in [5, 5.41) is 6.44. The third-order valence-electron chi connectivity index (χ3n) is 6.03. The lowest BCUT2D eigenvalue weighted by atomic mass is 9.78. The first-order valence-electron chi connectivity index (χ1n) is 10.1. The van der Waals surface area contributed by atoms with Gasteiger partial charge in [0.25, 0.3) is 0 Å². The van der Waals surface area contributed by atoms with Crippen LogP contribution in [-0.2, 0) is 22.5 Å². The summed E-state index contributed by atoms with van der Waals surface area (Å²) >= 11 is 0. The molecule has 0 radical (unpaired) electrons. The Kier molecular flexibility index (Phi) is 5.64. The van der Waals surface area contributed by atoms with Crippen LogP contribution in [0.25, 0.3) is 0 Å². The molecule has 0 atom stereocenters. The zero-order valence-electron chi connectivity index (χ0n) is 16.5. The van der Waals surface area contributed by atoms with Gasteiger partial charge >= 0.3 is 0 Å². The number of methoxy groups -OCH3 is 1. The lowest BCUT2D eigenvalue weighted by Crippen LogP contribution is -2.47. The largest absolute Gasteiger partial charge is 0.384 e. The lowest BCUT2D eigenvalue weighted by Gasteiger charge is -2.35. The van der Waals surface area contributed by atoms with Gasteiger partial charge in [0.2, 0.25) is 5.91 Å². The zero-order valence-corrected chi connectivity index (χ0v) is 16.5. The Morgan fingerprint density at radius 1 is 1.14 bits per heavy atom. The van der Waals surface area contributed by atoms with Gasteiger partial charge in [-0.3, -0.25) is 4.79 Å². The van der Waals surface area contributed by atoms with Gasteiger partial charge in [0.1, 0.15) is 0 Å². The molecule has 2 N–H and O–H groups in total. The fraction of sp³-hybridized carbons (Fsp3) is 0.435. The van der Waals surface area contributed by atoms with Gasteiger partial charge < -0.3 is 20.3 Å². The first-order valence-corrected chi connectivity index (χ1v) is 10.1. The molecule has 2 aliphatic heterocycles. The molecule has 5 heteroatoms. The van der Waals surface area contributed by atoms with E-state index in [4.69, 9.17) is 4.74 Å². The van der Waals surface area contributed by atoms with E-state index in [1.54, 1.807) is 7.11 Å². The van der Waals surface area contributed by atoms with E-state index < -0.39 is 5.41 Å². The minimum absolute atomic E-state index is 0.0667. The molecule has 0 aliphatic carbocycles. The van der Waals surface area contributed by atoms with Crippen LogP contribution in [0.4, 0.5) is 11.4 Å². The molecule has 5 nitrogen and oxygen atoms in total. The first-order chi connectivity index (χ1) is 13.7. The molecule has 2 aromatic carbocycles. The second kappa shape index (κ2) is 8.33. The standard InChI is InChI=1S/C23H29N3O2/c1-28-17-23(11-13-24-14-12-23)22(27)25-20-8-6-18(7-9-20)16-26-15-10-19-4-2-3-5-21(19)26/h2-9,24H,10-17H2,1H3,(H,25,27). The van der Waals surface area contributed by atoms with E-state index in [0.717, 1.165) is 51.1 Å². The average Bonchev–Trinajstić information content (AvgIpc) is 3.13. The second-order valence-electron chi connectivity index (χ2n) is 7.91. The number of para-hydroxylation sites is 1. The van der Waals surface area contributed by atoms with Crippen LogP contribution in [0.2, 0.25) is 0 Å². The highest BCUT2D eigenvalue weighted by Gasteiger charge is 2.39. The van der Waals surface area contributed by atoms with Gasteiger partial charge in [0.15, 0.2) is 0 Å². The molecule has 0 saturated carbocycles. The van der Waals surface area contributed by atoms with Crippen LogP contribution in [-0.4, -0.2) is 39.3 Å². The third-order valence-corrected chi connectivity index (χ3v) is 6.03. The molecule has 0 spiro atoms. The predicted octanol–water partition coefficient (Wildman–Crippen LogP) is 3.20. The number of fused-ring (bicyclic) bond motifs is 1. The van der Waals surface area contributed by atoms with Crippen molar-refractivity contribution in [3.63, 3.8) is 0 Å². The quantitative estimate of drug-likeness (QED) is 0.809. The first kappa shape index (κ1) is 19.0. The van der Waals surface area contributed by atoms with Crippen LogP contribution < -0.4 is 15.5 Å². The van der Waals surface area contributed by atoms with Gasteiger partial charge in [-0.05, 0) is 61.7 Å². The molecule has 2 aliphatic rings. The maximum absolute atomic E-state index is 13.0. The van der Waals surface area contributed by atoms with Crippen molar-refractivity contribution in [2.24, 2.45) is 5.41 Å². The highest BCUT2D eigenvalue weighted by Crippen LogP contribution is 2.31. The highest BCUT2D eigenvalue weighted by atomic mass is 16.5. The molecule has 4 rings (SSSR count). The SMILES string of the molecule is COCC1(C(=O)Nc2ccc(CN3CCc4ccccc43)cc2)CCNCC1. The van der Waals surface area contributed by atoms with Gasteiger partial charge in [-0.1, -0.05) is 30.3 Å². The summed E-state index contributed by atoms with van der Waals surface area (Å²) in [7, 11) is 1.67. The van der Waals surface area contributed by atoms with Crippen molar-refractivity contribution < 1.29 is 9.53 Å². The van der Waals surface area contributed by atoms with Crippen molar-refractivity contribution in [3.05, 3.63) is 59.7 Å². The van der Waals surface area contributed by atoms with Crippen molar-refractivity contribution >= 4 is 17.3 Å². The van der Waals surface area contributed by atoms with E-state index in [-0.39, 0.29) is 5.91 Å². The minimum Gasteiger partial charge on any atom is -0.384 e. The number of anilines is 2.